The molecule has 1 aromatic heterocycles. The molecule has 1 aliphatic heterocycles. The zero-order valence-corrected chi connectivity index (χ0v) is 14.8. The Labute approximate surface area is 151 Å². The summed E-state index contributed by atoms with van der Waals surface area (Å²) in [7, 11) is 0. The quantitative estimate of drug-likeness (QED) is 0.816. The van der Waals surface area contributed by atoms with Crippen LogP contribution in [0.3, 0.4) is 0 Å². The SMILES string of the molecule is CCN(C(=O)Cn1nc(C(=O)N2CCCC2)ccc1=O)c1ccccc1. The first-order valence-electron chi connectivity index (χ1n) is 8.83. The van der Waals surface area contributed by atoms with Gasteiger partial charge >= 0.3 is 0 Å². The Balaban J connectivity index is 1.80. The molecule has 2 heterocycles. The number of rotatable bonds is 5. The summed E-state index contributed by atoms with van der Waals surface area (Å²) in [4.78, 5) is 40.5. The minimum absolute atomic E-state index is 0.195. The van der Waals surface area contributed by atoms with E-state index in [1.807, 2.05) is 37.3 Å². The van der Waals surface area contributed by atoms with Gasteiger partial charge in [-0.1, -0.05) is 18.2 Å². The van der Waals surface area contributed by atoms with Crippen molar-refractivity contribution in [2.75, 3.05) is 24.5 Å². The van der Waals surface area contributed by atoms with Crippen LogP contribution in [0.1, 0.15) is 30.3 Å². The Kier molecular flexibility index (Phi) is 5.46. The molecule has 0 aliphatic carbocycles. The molecule has 136 valence electrons. The summed E-state index contributed by atoms with van der Waals surface area (Å²) in [5.74, 6) is -0.446. The van der Waals surface area contributed by atoms with Crippen LogP contribution in [0.15, 0.2) is 47.3 Å². The number of aromatic nitrogens is 2. The largest absolute Gasteiger partial charge is 0.337 e. The van der Waals surface area contributed by atoms with E-state index in [0.29, 0.717) is 19.6 Å². The first-order valence-corrected chi connectivity index (χ1v) is 8.83. The highest BCUT2D eigenvalue weighted by Crippen LogP contribution is 2.14. The lowest BCUT2D eigenvalue weighted by Gasteiger charge is -2.21. The Morgan fingerprint density at radius 1 is 1.08 bits per heavy atom. The van der Waals surface area contributed by atoms with E-state index in [-0.39, 0.29) is 24.1 Å². The van der Waals surface area contributed by atoms with E-state index in [1.165, 1.54) is 12.1 Å². The third-order valence-corrected chi connectivity index (χ3v) is 4.45. The fraction of sp³-hybridized carbons (Fsp3) is 0.368. The van der Waals surface area contributed by atoms with Gasteiger partial charge in [0.15, 0.2) is 0 Å². The normalized spacial score (nSPS) is 13.7. The van der Waals surface area contributed by atoms with Gasteiger partial charge in [0.25, 0.3) is 11.5 Å². The van der Waals surface area contributed by atoms with Crippen LogP contribution in [0.25, 0.3) is 0 Å². The minimum Gasteiger partial charge on any atom is -0.337 e. The van der Waals surface area contributed by atoms with Gasteiger partial charge < -0.3 is 9.80 Å². The van der Waals surface area contributed by atoms with Gasteiger partial charge in [0.05, 0.1) is 0 Å². The van der Waals surface area contributed by atoms with Crippen LogP contribution in [-0.4, -0.2) is 46.1 Å². The summed E-state index contributed by atoms with van der Waals surface area (Å²) < 4.78 is 1.07. The van der Waals surface area contributed by atoms with E-state index in [4.69, 9.17) is 0 Å². The molecule has 2 amide bonds. The van der Waals surface area contributed by atoms with Crippen LogP contribution in [0, 0.1) is 0 Å². The van der Waals surface area contributed by atoms with E-state index in [0.717, 1.165) is 23.2 Å². The van der Waals surface area contributed by atoms with Gasteiger partial charge in [-0.25, -0.2) is 4.68 Å². The van der Waals surface area contributed by atoms with E-state index in [1.54, 1.807) is 9.80 Å². The van der Waals surface area contributed by atoms with Crippen molar-refractivity contribution in [2.24, 2.45) is 0 Å². The summed E-state index contributed by atoms with van der Waals surface area (Å²) in [6, 6.07) is 12.0. The number of anilines is 1. The second-order valence-electron chi connectivity index (χ2n) is 6.19. The number of benzene rings is 1. The Bertz CT molecular complexity index is 841. The number of para-hydroxylation sites is 1. The molecule has 1 fully saturated rings. The standard InChI is InChI=1S/C19H22N4O3/c1-2-22(15-8-4-3-5-9-15)18(25)14-23-17(24)11-10-16(20-23)19(26)21-12-6-7-13-21/h3-5,8-11H,2,6-7,12-14H2,1H3. The molecule has 1 aliphatic rings. The average molecular weight is 354 g/mol. The topological polar surface area (TPSA) is 75.5 Å². The van der Waals surface area contributed by atoms with E-state index in [2.05, 4.69) is 5.10 Å². The summed E-state index contributed by atoms with van der Waals surface area (Å²) in [5, 5.41) is 4.13. The van der Waals surface area contributed by atoms with Crippen molar-refractivity contribution >= 4 is 17.5 Å². The van der Waals surface area contributed by atoms with E-state index >= 15 is 0 Å². The Morgan fingerprint density at radius 2 is 1.77 bits per heavy atom. The molecule has 3 rings (SSSR count). The van der Waals surface area contributed by atoms with Crippen LogP contribution >= 0.6 is 0 Å². The Morgan fingerprint density at radius 3 is 2.42 bits per heavy atom. The highest BCUT2D eigenvalue weighted by atomic mass is 16.2. The number of hydrogen-bond acceptors (Lipinski definition) is 4. The van der Waals surface area contributed by atoms with Crippen LogP contribution in [0.2, 0.25) is 0 Å². The maximum absolute atomic E-state index is 12.7. The molecule has 1 aromatic carbocycles. The molecule has 0 saturated carbocycles. The van der Waals surface area contributed by atoms with Gasteiger partial charge in [-0.05, 0) is 38.0 Å². The summed E-state index contributed by atoms with van der Waals surface area (Å²) in [6.45, 7) is 3.55. The second-order valence-corrected chi connectivity index (χ2v) is 6.19. The first-order chi connectivity index (χ1) is 12.6. The molecule has 0 radical (unpaired) electrons. The molecular formula is C19H22N4O3. The highest BCUT2D eigenvalue weighted by Gasteiger charge is 2.22. The van der Waals surface area contributed by atoms with Crippen molar-refractivity contribution in [1.82, 2.24) is 14.7 Å². The third kappa shape index (κ3) is 3.82. The minimum atomic E-state index is -0.402. The maximum Gasteiger partial charge on any atom is 0.274 e. The van der Waals surface area contributed by atoms with Crippen molar-refractivity contribution in [2.45, 2.75) is 26.3 Å². The molecule has 0 bridgehead atoms. The summed E-state index contributed by atoms with van der Waals surface area (Å²) >= 11 is 0. The molecule has 7 heteroatoms. The fourth-order valence-electron chi connectivity index (χ4n) is 3.08. The lowest BCUT2D eigenvalue weighted by Crippen LogP contribution is -2.38. The molecule has 2 aromatic rings. The molecule has 1 saturated heterocycles. The summed E-state index contributed by atoms with van der Waals surface area (Å²) in [5.41, 5.74) is 0.555. The number of likely N-dealkylation sites (tertiary alicyclic amines) is 1. The fourth-order valence-corrected chi connectivity index (χ4v) is 3.08. The van der Waals surface area contributed by atoms with Gasteiger partial charge in [0.2, 0.25) is 5.91 Å². The third-order valence-electron chi connectivity index (χ3n) is 4.45. The van der Waals surface area contributed by atoms with Crippen LogP contribution < -0.4 is 10.5 Å². The van der Waals surface area contributed by atoms with Crippen molar-refractivity contribution in [3.8, 4) is 0 Å². The van der Waals surface area contributed by atoms with Gasteiger partial charge in [0, 0.05) is 31.4 Å². The number of nitrogens with zero attached hydrogens (tertiary/aromatic N) is 4. The molecule has 7 nitrogen and oxygen atoms in total. The number of amides is 2. The predicted molar refractivity (Wildman–Crippen MR) is 98.1 cm³/mol. The lowest BCUT2D eigenvalue weighted by molar-refractivity contribution is -0.119. The molecule has 0 spiro atoms. The number of carbonyl (C=O) groups excluding carboxylic acids is 2. The van der Waals surface area contributed by atoms with Crippen LogP contribution in [-0.2, 0) is 11.3 Å². The number of hydrogen-bond donors (Lipinski definition) is 0. The highest BCUT2D eigenvalue weighted by molar-refractivity contribution is 5.93. The monoisotopic (exact) mass is 354 g/mol. The zero-order chi connectivity index (χ0) is 18.5. The average Bonchev–Trinajstić information content (AvgIpc) is 3.19. The Hall–Kier alpha value is -2.96. The van der Waals surface area contributed by atoms with Crippen LogP contribution in [0.4, 0.5) is 5.69 Å². The van der Waals surface area contributed by atoms with Gasteiger partial charge in [0.1, 0.15) is 12.2 Å². The van der Waals surface area contributed by atoms with Crippen molar-refractivity contribution in [3.63, 3.8) is 0 Å². The predicted octanol–water partition coefficient (Wildman–Crippen LogP) is 1.53. The molecule has 0 unspecified atom stereocenters. The van der Waals surface area contributed by atoms with Gasteiger partial charge in [-0.15, -0.1) is 0 Å². The van der Waals surface area contributed by atoms with E-state index in [9.17, 15) is 14.4 Å². The lowest BCUT2D eigenvalue weighted by atomic mass is 10.3. The number of likely N-dealkylation sites (N-methyl/N-ethyl adjacent to an activating group) is 1. The van der Waals surface area contributed by atoms with Crippen LogP contribution in [0.5, 0.6) is 0 Å². The molecular weight excluding hydrogens is 332 g/mol. The van der Waals surface area contributed by atoms with Crippen molar-refractivity contribution in [3.05, 3.63) is 58.5 Å². The first kappa shape index (κ1) is 17.8. The van der Waals surface area contributed by atoms with Crippen molar-refractivity contribution < 1.29 is 9.59 Å². The summed E-state index contributed by atoms with van der Waals surface area (Å²) in [6.07, 6.45) is 1.96. The molecule has 0 atom stereocenters. The zero-order valence-electron chi connectivity index (χ0n) is 14.8. The number of carbonyl (C=O) groups is 2. The molecule has 26 heavy (non-hydrogen) atoms. The molecule has 0 N–H and O–H groups in total. The van der Waals surface area contributed by atoms with E-state index < -0.39 is 5.56 Å². The van der Waals surface area contributed by atoms with Crippen molar-refractivity contribution in [1.29, 1.82) is 0 Å². The smallest absolute Gasteiger partial charge is 0.274 e. The second kappa shape index (κ2) is 7.95. The van der Waals surface area contributed by atoms with Gasteiger partial charge in [-0.2, -0.15) is 5.10 Å². The van der Waals surface area contributed by atoms with Gasteiger partial charge in [-0.3, -0.25) is 14.4 Å². The maximum atomic E-state index is 12.7.